The number of thiophene rings is 1. The Kier molecular flexibility index (Phi) is 4.54. The van der Waals surface area contributed by atoms with Crippen LogP contribution in [-0.2, 0) is 16.4 Å². The number of nitrogens with zero attached hydrogens (tertiary/aromatic N) is 1. The molecular weight excluding hydrogens is 356 g/mol. The van der Waals surface area contributed by atoms with Crippen LogP contribution in [-0.4, -0.2) is 19.9 Å². The highest BCUT2D eigenvalue weighted by Crippen LogP contribution is 2.25. The molecule has 18 heavy (non-hydrogen) atoms. The minimum Gasteiger partial charge on any atom is -0.247 e. The molecule has 98 valence electrons. The number of halogens is 1. The summed E-state index contributed by atoms with van der Waals surface area (Å²) in [7, 11) is -3.39. The summed E-state index contributed by atoms with van der Waals surface area (Å²) in [6.45, 7) is 2.29. The predicted molar refractivity (Wildman–Crippen MR) is 77.8 cm³/mol. The molecule has 0 aliphatic rings. The zero-order chi connectivity index (χ0) is 13.2. The molecule has 0 spiro atoms. The first-order chi connectivity index (χ1) is 8.47. The molecule has 2 aromatic rings. The van der Waals surface area contributed by atoms with E-state index in [-0.39, 0.29) is 0 Å². The average Bonchev–Trinajstić information content (AvgIpc) is 2.88. The van der Waals surface area contributed by atoms with E-state index in [0.29, 0.717) is 17.2 Å². The van der Waals surface area contributed by atoms with Gasteiger partial charge >= 0.3 is 0 Å². The van der Waals surface area contributed by atoms with Gasteiger partial charge in [-0.1, -0.05) is 0 Å². The average molecular weight is 367 g/mol. The Labute approximate surface area is 122 Å². The van der Waals surface area contributed by atoms with E-state index in [1.54, 1.807) is 23.5 Å². The van der Waals surface area contributed by atoms with Gasteiger partial charge in [0.1, 0.15) is 4.21 Å². The molecule has 0 unspecified atom stereocenters. The third kappa shape index (κ3) is 3.61. The Hall–Kier alpha value is -0.280. The molecule has 2 aromatic heterocycles. The van der Waals surface area contributed by atoms with Crippen LogP contribution in [0.3, 0.4) is 0 Å². The van der Waals surface area contributed by atoms with Crippen molar-refractivity contribution in [3.05, 3.63) is 32.0 Å². The van der Waals surface area contributed by atoms with E-state index in [2.05, 4.69) is 25.6 Å². The van der Waals surface area contributed by atoms with Gasteiger partial charge in [0.05, 0.1) is 8.79 Å². The van der Waals surface area contributed by atoms with Gasteiger partial charge in [-0.15, -0.1) is 22.7 Å². The number of aromatic nitrogens is 1. The van der Waals surface area contributed by atoms with Crippen molar-refractivity contribution in [1.82, 2.24) is 9.71 Å². The molecule has 0 amide bonds. The fraction of sp³-hybridized carbons (Fsp3) is 0.300. The molecule has 0 saturated carbocycles. The molecule has 2 heterocycles. The minimum absolute atomic E-state index is 0.324. The second-order valence-electron chi connectivity index (χ2n) is 3.59. The predicted octanol–water partition coefficient (Wildman–Crippen LogP) is 2.80. The lowest BCUT2D eigenvalue weighted by molar-refractivity contribution is 0.583. The first-order valence-electron chi connectivity index (χ1n) is 5.13. The molecule has 8 heteroatoms. The molecule has 2 rings (SSSR count). The van der Waals surface area contributed by atoms with Gasteiger partial charge in [-0.25, -0.2) is 18.1 Å². The van der Waals surface area contributed by atoms with Crippen molar-refractivity contribution in [3.8, 4) is 0 Å². The Morgan fingerprint density at radius 2 is 2.22 bits per heavy atom. The topological polar surface area (TPSA) is 59.1 Å². The summed E-state index contributed by atoms with van der Waals surface area (Å²) in [6.07, 6.45) is 0.615. The molecule has 0 aromatic carbocycles. The number of aryl methyl sites for hydroxylation is 1. The van der Waals surface area contributed by atoms with Crippen molar-refractivity contribution in [2.24, 2.45) is 0 Å². The monoisotopic (exact) mass is 366 g/mol. The smallest absolute Gasteiger partial charge is 0.247 e. The number of hydrogen-bond acceptors (Lipinski definition) is 5. The van der Waals surface area contributed by atoms with Crippen LogP contribution in [0.1, 0.15) is 10.7 Å². The fourth-order valence-corrected chi connectivity index (χ4v) is 5.19. The second-order valence-corrected chi connectivity index (χ2v) is 8.99. The van der Waals surface area contributed by atoms with Gasteiger partial charge in [0, 0.05) is 24.0 Å². The largest absolute Gasteiger partial charge is 0.250 e. The van der Waals surface area contributed by atoms with Crippen LogP contribution in [0.4, 0.5) is 0 Å². The van der Waals surface area contributed by atoms with E-state index >= 15 is 0 Å². The summed E-state index contributed by atoms with van der Waals surface area (Å²) < 4.78 is 27.5. The summed E-state index contributed by atoms with van der Waals surface area (Å²) in [6, 6.07) is 3.31. The van der Waals surface area contributed by atoms with Crippen molar-refractivity contribution in [2.75, 3.05) is 6.54 Å². The molecule has 0 radical (unpaired) electrons. The van der Waals surface area contributed by atoms with Gasteiger partial charge in [-0.3, -0.25) is 0 Å². The molecule has 1 N–H and O–H groups in total. The van der Waals surface area contributed by atoms with Crippen molar-refractivity contribution >= 4 is 48.6 Å². The maximum absolute atomic E-state index is 11.9. The van der Waals surface area contributed by atoms with E-state index in [4.69, 9.17) is 0 Å². The molecule has 0 atom stereocenters. The maximum atomic E-state index is 11.9. The minimum atomic E-state index is -3.39. The third-order valence-corrected chi connectivity index (χ3v) is 6.71. The van der Waals surface area contributed by atoms with Gasteiger partial charge in [-0.2, -0.15) is 0 Å². The lowest BCUT2D eigenvalue weighted by atomic mass is 10.4. The molecule has 4 nitrogen and oxygen atoms in total. The van der Waals surface area contributed by atoms with Gasteiger partial charge < -0.3 is 0 Å². The van der Waals surface area contributed by atoms with Crippen molar-refractivity contribution in [3.63, 3.8) is 0 Å². The normalized spacial score (nSPS) is 11.9. The lowest BCUT2D eigenvalue weighted by Gasteiger charge is -2.02. The van der Waals surface area contributed by atoms with Gasteiger partial charge in [0.2, 0.25) is 10.0 Å². The van der Waals surface area contributed by atoms with Crippen LogP contribution in [0.2, 0.25) is 0 Å². The number of rotatable bonds is 5. The fourth-order valence-electron chi connectivity index (χ4n) is 1.32. The summed E-state index contributed by atoms with van der Waals surface area (Å²) in [5, 5.41) is 2.91. The number of hydrogen-bond donors (Lipinski definition) is 1. The van der Waals surface area contributed by atoms with Crippen molar-refractivity contribution in [1.29, 1.82) is 0 Å². The zero-order valence-corrected chi connectivity index (χ0v) is 13.5. The van der Waals surface area contributed by atoms with Crippen LogP contribution < -0.4 is 4.72 Å². The quantitative estimate of drug-likeness (QED) is 0.884. The maximum Gasteiger partial charge on any atom is 0.250 e. The van der Waals surface area contributed by atoms with Gasteiger partial charge in [0.25, 0.3) is 0 Å². The van der Waals surface area contributed by atoms with Crippen molar-refractivity contribution < 1.29 is 8.42 Å². The van der Waals surface area contributed by atoms with E-state index in [1.807, 2.05) is 12.3 Å². The standard InChI is InChI=1S/C10H11BrN2O2S3/c1-7-6-16-9(13-7)4-5-12-18(14,15)10-3-2-8(11)17-10/h2-3,6,12H,4-5H2,1H3. The van der Waals surface area contributed by atoms with E-state index < -0.39 is 10.0 Å². The number of sulfonamides is 1. The first kappa shape index (κ1) is 14.1. The van der Waals surface area contributed by atoms with E-state index in [9.17, 15) is 8.42 Å². The summed E-state index contributed by atoms with van der Waals surface area (Å²) in [5.74, 6) is 0. The van der Waals surface area contributed by atoms with Gasteiger partial charge in [-0.05, 0) is 35.0 Å². The zero-order valence-electron chi connectivity index (χ0n) is 9.51. The SMILES string of the molecule is Cc1csc(CCNS(=O)(=O)c2ccc(Br)s2)n1. The van der Waals surface area contributed by atoms with Crippen LogP contribution in [0.5, 0.6) is 0 Å². The van der Waals surface area contributed by atoms with Crippen LogP contribution in [0.15, 0.2) is 25.5 Å². The molecule has 0 fully saturated rings. The van der Waals surface area contributed by atoms with E-state index in [0.717, 1.165) is 14.5 Å². The highest BCUT2D eigenvalue weighted by atomic mass is 79.9. The van der Waals surface area contributed by atoms with Crippen LogP contribution in [0.25, 0.3) is 0 Å². The first-order valence-corrected chi connectivity index (χ1v) is 9.10. The Balaban J connectivity index is 1.93. The van der Waals surface area contributed by atoms with Gasteiger partial charge in [0.15, 0.2) is 0 Å². The number of nitrogens with one attached hydrogen (secondary N) is 1. The van der Waals surface area contributed by atoms with E-state index in [1.165, 1.54) is 11.3 Å². The number of thiazole rings is 1. The molecular formula is C10H11BrN2O2S3. The Morgan fingerprint density at radius 3 is 2.78 bits per heavy atom. The molecule has 0 saturated heterocycles. The highest BCUT2D eigenvalue weighted by Gasteiger charge is 2.15. The molecule has 0 aliphatic carbocycles. The second kappa shape index (κ2) is 5.79. The van der Waals surface area contributed by atoms with Crippen molar-refractivity contribution in [2.45, 2.75) is 17.6 Å². The summed E-state index contributed by atoms with van der Waals surface area (Å²) in [5.41, 5.74) is 0.972. The lowest BCUT2D eigenvalue weighted by Crippen LogP contribution is -2.25. The summed E-state index contributed by atoms with van der Waals surface area (Å²) in [4.78, 5) is 4.29. The molecule has 0 bridgehead atoms. The Bertz CT molecular complexity index is 633. The molecule has 0 aliphatic heterocycles. The highest BCUT2D eigenvalue weighted by molar-refractivity contribution is 9.11. The van der Waals surface area contributed by atoms with Crippen LogP contribution in [0, 0.1) is 6.92 Å². The van der Waals surface area contributed by atoms with Crippen LogP contribution >= 0.6 is 38.6 Å². The summed E-state index contributed by atoms with van der Waals surface area (Å²) >= 11 is 6.00. The third-order valence-electron chi connectivity index (χ3n) is 2.11. The Morgan fingerprint density at radius 1 is 1.44 bits per heavy atom.